The van der Waals surface area contributed by atoms with E-state index in [-0.39, 0.29) is 23.1 Å². The summed E-state index contributed by atoms with van der Waals surface area (Å²) in [5.74, 6) is -2.76. The molecule has 0 radical (unpaired) electrons. The second-order valence-electron chi connectivity index (χ2n) is 9.31. The second kappa shape index (κ2) is 7.95. The topological polar surface area (TPSA) is 80.9 Å². The predicted octanol–water partition coefficient (Wildman–Crippen LogP) is 5.04. The van der Waals surface area contributed by atoms with Crippen molar-refractivity contribution in [1.29, 1.82) is 0 Å². The molecule has 0 saturated heterocycles. The molecule has 2 aliphatic rings. The third-order valence-corrected chi connectivity index (χ3v) is 7.03. The number of fused-ring (bicyclic) bond motifs is 1. The van der Waals surface area contributed by atoms with Crippen LogP contribution in [0.5, 0.6) is 0 Å². The molecule has 2 saturated carbocycles. The number of rotatable bonds is 4. The summed E-state index contributed by atoms with van der Waals surface area (Å²) < 4.78 is 42.7. The number of nitrogens with zero attached hydrogens (tertiary/aromatic N) is 2. The normalized spacial score (nSPS) is 25.9. The number of carbonyl (C=O) groups is 1. The summed E-state index contributed by atoms with van der Waals surface area (Å²) in [4.78, 5) is 21.0. The Kier molecular flexibility index (Phi) is 5.20. The van der Waals surface area contributed by atoms with Crippen LogP contribution in [0.25, 0.3) is 11.3 Å². The molecule has 2 aliphatic carbocycles. The largest absolute Gasteiger partial charge is 0.327 e. The van der Waals surface area contributed by atoms with E-state index in [0.717, 1.165) is 43.0 Å². The highest BCUT2D eigenvalue weighted by Gasteiger charge is 2.57. The molecule has 33 heavy (non-hydrogen) atoms. The van der Waals surface area contributed by atoms with Crippen molar-refractivity contribution in [2.45, 2.75) is 38.1 Å². The van der Waals surface area contributed by atoms with Crippen LogP contribution in [0.3, 0.4) is 0 Å². The van der Waals surface area contributed by atoms with Crippen molar-refractivity contribution in [1.82, 2.24) is 9.97 Å². The summed E-state index contributed by atoms with van der Waals surface area (Å²) >= 11 is 0. The van der Waals surface area contributed by atoms with Crippen molar-refractivity contribution in [2.24, 2.45) is 17.1 Å². The molecule has 0 aliphatic heterocycles. The fourth-order valence-electron chi connectivity index (χ4n) is 5.24. The van der Waals surface area contributed by atoms with Gasteiger partial charge >= 0.3 is 0 Å². The Morgan fingerprint density at radius 2 is 1.85 bits per heavy atom. The molecule has 1 aromatic carbocycles. The number of hydrogen-bond acceptors (Lipinski definition) is 4. The van der Waals surface area contributed by atoms with Crippen molar-refractivity contribution < 1.29 is 18.0 Å². The maximum atomic E-state index is 14.4. The van der Waals surface area contributed by atoms with E-state index in [1.54, 1.807) is 12.4 Å². The highest BCUT2D eigenvalue weighted by Crippen LogP contribution is 2.63. The van der Waals surface area contributed by atoms with Gasteiger partial charge in [-0.2, -0.15) is 0 Å². The summed E-state index contributed by atoms with van der Waals surface area (Å²) in [5.41, 5.74) is 6.71. The summed E-state index contributed by atoms with van der Waals surface area (Å²) in [6, 6.07) is 7.33. The smallest absolute Gasteiger partial charge is 0.274 e. The Labute approximate surface area is 189 Å². The maximum Gasteiger partial charge on any atom is 0.274 e. The van der Waals surface area contributed by atoms with Gasteiger partial charge in [0.05, 0.1) is 17.4 Å². The number of pyridine rings is 2. The molecular formula is C25H23F3N4O. The Bertz CT molecular complexity index is 1230. The first-order valence-electron chi connectivity index (χ1n) is 10.9. The number of amides is 1. The van der Waals surface area contributed by atoms with E-state index < -0.39 is 34.6 Å². The van der Waals surface area contributed by atoms with Crippen LogP contribution in [0.2, 0.25) is 0 Å². The van der Waals surface area contributed by atoms with E-state index in [1.807, 2.05) is 6.07 Å². The third kappa shape index (κ3) is 3.88. The Morgan fingerprint density at radius 1 is 1.09 bits per heavy atom. The van der Waals surface area contributed by atoms with Gasteiger partial charge in [0.15, 0.2) is 0 Å². The van der Waals surface area contributed by atoms with Gasteiger partial charge in [0, 0.05) is 12.2 Å². The van der Waals surface area contributed by atoms with Gasteiger partial charge in [-0.25, -0.2) is 18.2 Å². The highest BCUT2D eigenvalue weighted by atomic mass is 19.1. The molecule has 1 amide bonds. The first kappa shape index (κ1) is 21.6. The predicted molar refractivity (Wildman–Crippen MR) is 118 cm³/mol. The molecule has 170 valence electrons. The van der Waals surface area contributed by atoms with Gasteiger partial charge in [0.25, 0.3) is 5.91 Å². The SMILES string of the molecule is CC12CC1[C@H](N)C[C@H](c1ccncc1NC(=O)c1ccc(F)c(-c3c(F)cccc3F)n1)C2. The zero-order valence-electron chi connectivity index (χ0n) is 18.0. The third-order valence-electron chi connectivity index (χ3n) is 7.03. The number of carbonyl (C=O) groups excluding carboxylic acids is 1. The number of nitrogens with two attached hydrogens (primary N) is 1. The van der Waals surface area contributed by atoms with E-state index in [0.29, 0.717) is 11.6 Å². The molecule has 5 nitrogen and oxygen atoms in total. The van der Waals surface area contributed by atoms with Crippen molar-refractivity contribution in [3.8, 4) is 11.3 Å². The molecule has 3 aromatic rings. The minimum Gasteiger partial charge on any atom is -0.327 e. The van der Waals surface area contributed by atoms with Crippen molar-refractivity contribution in [3.05, 3.63) is 77.5 Å². The molecule has 3 N–H and O–H groups in total. The molecule has 0 spiro atoms. The van der Waals surface area contributed by atoms with Crippen molar-refractivity contribution >= 4 is 11.6 Å². The van der Waals surface area contributed by atoms with E-state index in [9.17, 15) is 18.0 Å². The fourth-order valence-corrected chi connectivity index (χ4v) is 5.24. The molecule has 0 bridgehead atoms. The van der Waals surface area contributed by atoms with Gasteiger partial charge in [-0.05, 0) is 72.4 Å². The summed E-state index contributed by atoms with van der Waals surface area (Å²) in [6.45, 7) is 2.24. The van der Waals surface area contributed by atoms with E-state index >= 15 is 0 Å². The van der Waals surface area contributed by atoms with Crippen LogP contribution >= 0.6 is 0 Å². The van der Waals surface area contributed by atoms with Crippen LogP contribution in [0.15, 0.2) is 48.8 Å². The minimum atomic E-state index is -0.964. The van der Waals surface area contributed by atoms with E-state index in [2.05, 4.69) is 22.2 Å². The number of halogens is 3. The summed E-state index contributed by atoms with van der Waals surface area (Å²) in [6.07, 6.45) is 6.14. The van der Waals surface area contributed by atoms with E-state index in [1.165, 1.54) is 12.1 Å². The molecule has 2 heterocycles. The lowest BCUT2D eigenvalue weighted by Gasteiger charge is -2.32. The average molecular weight is 452 g/mol. The lowest BCUT2D eigenvalue weighted by molar-refractivity contribution is 0.102. The zero-order valence-corrected chi connectivity index (χ0v) is 18.0. The lowest BCUT2D eigenvalue weighted by Crippen LogP contribution is -2.33. The van der Waals surface area contributed by atoms with Crippen LogP contribution in [0.1, 0.15) is 48.2 Å². The molecule has 5 rings (SSSR count). The number of aromatic nitrogens is 2. The lowest BCUT2D eigenvalue weighted by atomic mass is 9.76. The Hall–Kier alpha value is -3.26. The van der Waals surface area contributed by atoms with Gasteiger partial charge in [0.1, 0.15) is 28.8 Å². The molecule has 2 unspecified atom stereocenters. The molecule has 2 fully saturated rings. The van der Waals surface area contributed by atoms with Gasteiger partial charge < -0.3 is 11.1 Å². The maximum absolute atomic E-state index is 14.4. The van der Waals surface area contributed by atoms with Gasteiger partial charge in [-0.3, -0.25) is 9.78 Å². The second-order valence-corrected chi connectivity index (χ2v) is 9.31. The van der Waals surface area contributed by atoms with Crippen LogP contribution in [-0.2, 0) is 0 Å². The summed E-state index contributed by atoms with van der Waals surface area (Å²) in [7, 11) is 0. The van der Waals surface area contributed by atoms with Crippen LogP contribution in [-0.4, -0.2) is 21.9 Å². The highest BCUT2D eigenvalue weighted by molar-refractivity contribution is 6.03. The van der Waals surface area contributed by atoms with Crippen LogP contribution < -0.4 is 11.1 Å². The quantitative estimate of drug-likeness (QED) is 0.581. The molecule has 4 atom stereocenters. The van der Waals surface area contributed by atoms with E-state index in [4.69, 9.17) is 5.73 Å². The zero-order chi connectivity index (χ0) is 23.3. The Morgan fingerprint density at radius 3 is 2.58 bits per heavy atom. The van der Waals surface area contributed by atoms with Crippen LogP contribution in [0, 0.1) is 28.8 Å². The molecule has 2 aromatic heterocycles. The molecule has 8 heteroatoms. The first-order valence-corrected chi connectivity index (χ1v) is 10.9. The van der Waals surface area contributed by atoms with Gasteiger partial charge in [0.2, 0.25) is 0 Å². The monoisotopic (exact) mass is 452 g/mol. The number of benzene rings is 1. The van der Waals surface area contributed by atoms with Gasteiger partial charge in [-0.15, -0.1) is 0 Å². The van der Waals surface area contributed by atoms with Crippen LogP contribution in [0.4, 0.5) is 18.9 Å². The summed E-state index contributed by atoms with van der Waals surface area (Å²) in [5, 5.41) is 2.79. The van der Waals surface area contributed by atoms with Crippen molar-refractivity contribution in [2.75, 3.05) is 5.32 Å². The fraction of sp³-hybridized carbons (Fsp3) is 0.320. The molecular weight excluding hydrogens is 429 g/mol. The number of nitrogens with one attached hydrogen (secondary N) is 1. The Balaban J connectivity index is 1.44. The standard InChI is InChI=1S/C25H23F3N4O/c1-25-10-13(9-19(29)15(25)11-25)14-7-8-30-12-21(14)32-24(33)20-6-5-18(28)23(31-20)22-16(26)3-2-4-17(22)27/h2-8,12-13,15,19H,9-11,29H2,1H3,(H,32,33)/t13-,15?,19+,25?/m0/s1. The first-order chi connectivity index (χ1) is 15.8. The van der Waals surface area contributed by atoms with Gasteiger partial charge in [-0.1, -0.05) is 13.0 Å². The number of anilines is 1. The minimum absolute atomic E-state index is 0.113. The van der Waals surface area contributed by atoms with Crippen molar-refractivity contribution in [3.63, 3.8) is 0 Å². The average Bonchev–Trinajstić information content (AvgIpc) is 3.47. The number of hydrogen-bond donors (Lipinski definition) is 2.